The molecule has 4 heteroatoms. The molecule has 0 saturated heterocycles. The van der Waals surface area contributed by atoms with Crippen molar-refractivity contribution in [3.8, 4) is 0 Å². The molecule has 0 unspecified atom stereocenters. The maximum absolute atomic E-state index is 12.2. The number of amides is 1. The van der Waals surface area contributed by atoms with Gasteiger partial charge in [0.05, 0.1) is 5.41 Å². The van der Waals surface area contributed by atoms with Crippen molar-refractivity contribution in [1.82, 2.24) is 0 Å². The third kappa shape index (κ3) is 2.49. The molecule has 0 spiro atoms. The van der Waals surface area contributed by atoms with Crippen LogP contribution in [0, 0.1) is 16.7 Å². The van der Waals surface area contributed by atoms with E-state index in [0.717, 1.165) is 0 Å². The van der Waals surface area contributed by atoms with Gasteiger partial charge in [0.15, 0.2) is 5.78 Å². The van der Waals surface area contributed by atoms with Gasteiger partial charge >= 0.3 is 0 Å². The summed E-state index contributed by atoms with van der Waals surface area (Å²) in [5.41, 5.74) is 2.69. The molecule has 2 N–H and O–H groups in total. The van der Waals surface area contributed by atoms with Crippen LogP contribution in [-0.2, 0) is 14.4 Å². The predicted octanol–water partition coefficient (Wildman–Crippen LogP) is 1.32. The Hall–Kier alpha value is -1.19. The molecule has 0 aromatic heterocycles. The van der Waals surface area contributed by atoms with Gasteiger partial charge in [-0.2, -0.15) is 0 Å². The molecule has 16 heavy (non-hydrogen) atoms. The summed E-state index contributed by atoms with van der Waals surface area (Å²) in [4.78, 5) is 35.2. The maximum atomic E-state index is 12.2. The third-order valence-corrected chi connectivity index (χ3v) is 2.89. The number of carbonyl (C=O) groups excluding carboxylic acids is 3. The van der Waals surface area contributed by atoms with E-state index in [0.29, 0.717) is 0 Å². The van der Waals surface area contributed by atoms with E-state index in [4.69, 9.17) is 5.73 Å². The zero-order valence-electron chi connectivity index (χ0n) is 10.9. The average Bonchev–Trinajstić information content (AvgIpc) is 2.14. The number of ketones is 2. The van der Waals surface area contributed by atoms with Crippen LogP contribution in [0.3, 0.4) is 0 Å². The van der Waals surface area contributed by atoms with Crippen LogP contribution >= 0.6 is 0 Å². The number of primary amides is 1. The van der Waals surface area contributed by atoms with Gasteiger partial charge in [-0.05, 0) is 27.7 Å². The highest BCUT2D eigenvalue weighted by molar-refractivity contribution is 6.16. The molecule has 1 amide bonds. The molecule has 0 aromatic carbocycles. The Morgan fingerprint density at radius 1 is 0.938 bits per heavy atom. The molecule has 0 atom stereocenters. The number of rotatable bonds is 5. The Morgan fingerprint density at radius 3 is 1.56 bits per heavy atom. The first-order valence-corrected chi connectivity index (χ1v) is 5.34. The van der Waals surface area contributed by atoms with Crippen LogP contribution in [0.25, 0.3) is 0 Å². The van der Waals surface area contributed by atoms with Gasteiger partial charge < -0.3 is 5.73 Å². The van der Waals surface area contributed by atoms with Gasteiger partial charge in [-0.25, -0.2) is 0 Å². The normalized spacial score (nSPS) is 12.7. The largest absolute Gasteiger partial charge is 0.369 e. The second kappa shape index (κ2) is 4.36. The summed E-state index contributed by atoms with van der Waals surface area (Å²) < 4.78 is 0. The first-order chi connectivity index (χ1) is 6.95. The summed E-state index contributed by atoms with van der Waals surface area (Å²) >= 11 is 0. The molecule has 4 nitrogen and oxygen atoms in total. The van der Waals surface area contributed by atoms with E-state index in [9.17, 15) is 14.4 Å². The zero-order valence-corrected chi connectivity index (χ0v) is 10.9. The summed E-state index contributed by atoms with van der Waals surface area (Å²) in [5, 5.41) is 0. The van der Waals surface area contributed by atoms with E-state index in [2.05, 4.69) is 0 Å². The van der Waals surface area contributed by atoms with E-state index >= 15 is 0 Å². The fraction of sp³-hybridized carbons (Fsp3) is 0.750. The van der Waals surface area contributed by atoms with Crippen LogP contribution < -0.4 is 5.73 Å². The first kappa shape index (κ1) is 14.8. The Kier molecular flexibility index (Phi) is 4.03. The molecular weight excluding hydrogens is 206 g/mol. The van der Waals surface area contributed by atoms with Crippen molar-refractivity contribution in [3.05, 3.63) is 0 Å². The van der Waals surface area contributed by atoms with E-state index < -0.39 is 22.5 Å². The van der Waals surface area contributed by atoms with E-state index in [1.807, 2.05) is 0 Å². The Labute approximate surface area is 96.6 Å². The highest BCUT2D eigenvalue weighted by atomic mass is 16.2. The standard InChI is InChI=1S/C12H21NO3/c1-7(2)8(14)11(3,4)9(15)12(5,6)10(13)16/h7H,1-6H3,(H2,13,16). The third-order valence-electron chi connectivity index (χ3n) is 2.89. The van der Waals surface area contributed by atoms with E-state index in [-0.39, 0.29) is 11.7 Å². The molecule has 0 heterocycles. The zero-order chi connectivity index (χ0) is 13.3. The topological polar surface area (TPSA) is 77.2 Å². The summed E-state index contributed by atoms with van der Waals surface area (Å²) in [6.45, 7) is 9.45. The molecule has 0 bridgehead atoms. The maximum Gasteiger partial charge on any atom is 0.230 e. The quantitative estimate of drug-likeness (QED) is 0.719. The summed E-state index contributed by atoms with van der Waals surface area (Å²) in [6.07, 6.45) is 0. The smallest absolute Gasteiger partial charge is 0.230 e. The number of hydrogen-bond donors (Lipinski definition) is 1. The summed E-state index contributed by atoms with van der Waals surface area (Å²) in [7, 11) is 0. The highest BCUT2D eigenvalue weighted by Crippen LogP contribution is 2.32. The van der Waals surface area contributed by atoms with Crippen molar-refractivity contribution in [2.24, 2.45) is 22.5 Å². The van der Waals surface area contributed by atoms with Gasteiger partial charge in [0, 0.05) is 5.92 Å². The van der Waals surface area contributed by atoms with Crippen LogP contribution in [-0.4, -0.2) is 17.5 Å². The van der Waals surface area contributed by atoms with Gasteiger partial charge in [0.25, 0.3) is 0 Å². The van der Waals surface area contributed by atoms with E-state index in [1.165, 1.54) is 13.8 Å². The summed E-state index contributed by atoms with van der Waals surface area (Å²) in [6, 6.07) is 0. The second-order valence-electron chi connectivity index (χ2n) is 5.46. The fourth-order valence-electron chi connectivity index (χ4n) is 1.73. The molecule has 0 saturated carbocycles. The molecule has 0 aliphatic heterocycles. The SMILES string of the molecule is CC(C)C(=O)C(C)(C)C(=O)C(C)(C)C(N)=O. The minimum Gasteiger partial charge on any atom is -0.369 e. The van der Waals surface area contributed by atoms with Crippen LogP contribution in [0.2, 0.25) is 0 Å². The Balaban J connectivity index is 5.28. The molecule has 0 aliphatic carbocycles. The van der Waals surface area contributed by atoms with Crippen molar-refractivity contribution < 1.29 is 14.4 Å². The fourth-order valence-corrected chi connectivity index (χ4v) is 1.73. The van der Waals surface area contributed by atoms with Crippen molar-refractivity contribution in [3.63, 3.8) is 0 Å². The van der Waals surface area contributed by atoms with Crippen LogP contribution in [0.15, 0.2) is 0 Å². The minimum absolute atomic E-state index is 0.174. The number of hydrogen-bond acceptors (Lipinski definition) is 3. The average molecular weight is 227 g/mol. The van der Waals surface area contributed by atoms with Crippen LogP contribution in [0.1, 0.15) is 41.5 Å². The molecular formula is C12H21NO3. The van der Waals surface area contributed by atoms with E-state index in [1.54, 1.807) is 27.7 Å². The minimum atomic E-state index is -1.31. The molecule has 0 aliphatic rings. The van der Waals surface area contributed by atoms with Crippen LogP contribution in [0.4, 0.5) is 0 Å². The highest BCUT2D eigenvalue weighted by Gasteiger charge is 2.47. The van der Waals surface area contributed by atoms with Gasteiger partial charge in [0.1, 0.15) is 11.2 Å². The molecule has 92 valence electrons. The lowest BCUT2D eigenvalue weighted by atomic mass is 9.69. The van der Waals surface area contributed by atoms with Crippen LogP contribution in [0.5, 0.6) is 0 Å². The second-order valence-corrected chi connectivity index (χ2v) is 5.46. The monoisotopic (exact) mass is 227 g/mol. The lowest BCUT2D eigenvalue weighted by Gasteiger charge is -2.31. The number of nitrogens with two attached hydrogens (primary N) is 1. The van der Waals surface area contributed by atoms with Crippen molar-refractivity contribution in [2.45, 2.75) is 41.5 Å². The van der Waals surface area contributed by atoms with Crippen molar-refractivity contribution in [1.29, 1.82) is 0 Å². The number of carbonyl (C=O) groups is 3. The molecule has 0 radical (unpaired) electrons. The lowest BCUT2D eigenvalue weighted by Crippen LogP contribution is -2.49. The van der Waals surface area contributed by atoms with Gasteiger partial charge in [0.2, 0.25) is 5.91 Å². The Bertz CT molecular complexity index is 327. The van der Waals surface area contributed by atoms with Crippen molar-refractivity contribution in [2.75, 3.05) is 0 Å². The van der Waals surface area contributed by atoms with Gasteiger partial charge in [-0.15, -0.1) is 0 Å². The van der Waals surface area contributed by atoms with Gasteiger partial charge in [-0.3, -0.25) is 14.4 Å². The first-order valence-electron chi connectivity index (χ1n) is 5.34. The number of Topliss-reactive ketones (excluding diaryl/α,β-unsaturated/α-hetero) is 2. The van der Waals surface area contributed by atoms with Gasteiger partial charge in [-0.1, -0.05) is 13.8 Å². The van der Waals surface area contributed by atoms with Crippen molar-refractivity contribution >= 4 is 17.5 Å². The lowest BCUT2D eigenvalue weighted by molar-refractivity contribution is -0.149. The summed E-state index contributed by atoms with van der Waals surface area (Å²) in [5.74, 6) is -1.55. The molecule has 0 fully saturated rings. The Morgan fingerprint density at radius 2 is 1.31 bits per heavy atom. The molecule has 0 rings (SSSR count). The predicted molar refractivity (Wildman–Crippen MR) is 61.6 cm³/mol. The molecule has 0 aromatic rings.